The zero-order valence-electron chi connectivity index (χ0n) is 17.3. The minimum absolute atomic E-state index is 0.166. The van der Waals surface area contributed by atoms with E-state index in [2.05, 4.69) is 6.92 Å². The Bertz CT molecular complexity index is 632. The molecule has 0 heterocycles. The van der Waals surface area contributed by atoms with Crippen LogP contribution in [0.15, 0.2) is 35.5 Å². The van der Waals surface area contributed by atoms with Gasteiger partial charge in [-0.1, -0.05) is 32.6 Å². The molecule has 2 fully saturated rings. The molecule has 0 bridgehead atoms. The fraction of sp³-hybridized carbons (Fsp3) is 0.750. The molecule has 3 aliphatic carbocycles. The van der Waals surface area contributed by atoms with E-state index in [0.717, 1.165) is 24.8 Å². The molecule has 29 heavy (non-hydrogen) atoms. The SMILES string of the molecule is CCCC1CCC(C2CCC(C(F)(F)CC3=CC(F)C=C(F)C(F)=C3)CC2)CC1. The van der Waals surface area contributed by atoms with Gasteiger partial charge >= 0.3 is 0 Å². The highest BCUT2D eigenvalue weighted by Gasteiger charge is 2.43. The van der Waals surface area contributed by atoms with Crippen LogP contribution in [0.2, 0.25) is 0 Å². The molecule has 1 unspecified atom stereocenters. The van der Waals surface area contributed by atoms with E-state index in [1.54, 1.807) is 0 Å². The third-order valence-corrected chi connectivity index (χ3v) is 7.28. The third kappa shape index (κ3) is 5.95. The average molecular weight is 417 g/mol. The van der Waals surface area contributed by atoms with E-state index in [-0.39, 0.29) is 5.57 Å². The van der Waals surface area contributed by atoms with Crippen LogP contribution in [0.25, 0.3) is 0 Å². The molecule has 0 radical (unpaired) electrons. The van der Waals surface area contributed by atoms with Gasteiger partial charge in [-0.15, -0.1) is 0 Å². The molecule has 0 spiro atoms. The van der Waals surface area contributed by atoms with Gasteiger partial charge in [0.25, 0.3) is 5.92 Å². The van der Waals surface area contributed by atoms with Crippen LogP contribution in [0.3, 0.4) is 0 Å². The van der Waals surface area contributed by atoms with Crippen LogP contribution in [0.4, 0.5) is 22.0 Å². The summed E-state index contributed by atoms with van der Waals surface area (Å²) < 4.78 is 70.2. The molecule has 0 aromatic heterocycles. The van der Waals surface area contributed by atoms with E-state index in [1.807, 2.05) is 0 Å². The van der Waals surface area contributed by atoms with Crippen LogP contribution in [-0.2, 0) is 0 Å². The Hall–Kier alpha value is -1.13. The first-order valence-corrected chi connectivity index (χ1v) is 11.3. The van der Waals surface area contributed by atoms with Crippen LogP contribution in [0.5, 0.6) is 0 Å². The second-order valence-electron chi connectivity index (χ2n) is 9.31. The minimum Gasteiger partial charge on any atom is -0.238 e. The molecule has 2 saturated carbocycles. The molecular weight excluding hydrogens is 383 g/mol. The highest BCUT2D eigenvalue weighted by atomic mass is 19.3. The fourth-order valence-electron chi connectivity index (χ4n) is 5.65. The molecule has 3 rings (SSSR count). The smallest absolute Gasteiger partial charge is 0.238 e. The summed E-state index contributed by atoms with van der Waals surface area (Å²) in [4.78, 5) is 0. The Kier molecular flexibility index (Phi) is 7.61. The first kappa shape index (κ1) is 22.6. The summed E-state index contributed by atoms with van der Waals surface area (Å²) in [6.45, 7) is 2.23. The Balaban J connectivity index is 1.52. The predicted octanol–water partition coefficient (Wildman–Crippen LogP) is 8.41. The molecule has 5 heteroatoms. The summed E-state index contributed by atoms with van der Waals surface area (Å²) in [6, 6.07) is 0. The Morgan fingerprint density at radius 3 is 2.03 bits per heavy atom. The lowest BCUT2D eigenvalue weighted by molar-refractivity contribution is -0.0771. The van der Waals surface area contributed by atoms with Crippen molar-refractivity contribution in [3.8, 4) is 0 Å². The average Bonchev–Trinajstić information content (AvgIpc) is 2.79. The van der Waals surface area contributed by atoms with E-state index in [4.69, 9.17) is 0 Å². The summed E-state index contributed by atoms with van der Waals surface area (Å²) in [6.07, 6.45) is 9.52. The van der Waals surface area contributed by atoms with Crippen molar-refractivity contribution >= 4 is 0 Å². The molecule has 0 aliphatic heterocycles. The third-order valence-electron chi connectivity index (χ3n) is 7.28. The molecule has 0 aromatic carbocycles. The van der Waals surface area contributed by atoms with Gasteiger partial charge in [-0.2, -0.15) is 0 Å². The van der Waals surface area contributed by atoms with Gasteiger partial charge in [-0.3, -0.25) is 0 Å². The molecule has 0 N–H and O–H groups in total. The van der Waals surface area contributed by atoms with Gasteiger partial charge in [0, 0.05) is 12.3 Å². The van der Waals surface area contributed by atoms with E-state index in [9.17, 15) is 22.0 Å². The van der Waals surface area contributed by atoms with Crippen molar-refractivity contribution in [2.24, 2.45) is 23.7 Å². The van der Waals surface area contributed by atoms with E-state index in [1.165, 1.54) is 38.5 Å². The second kappa shape index (κ2) is 9.78. The van der Waals surface area contributed by atoms with Crippen molar-refractivity contribution in [3.05, 3.63) is 35.5 Å². The first-order valence-electron chi connectivity index (χ1n) is 11.3. The van der Waals surface area contributed by atoms with Crippen molar-refractivity contribution in [3.63, 3.8) is 0 Å². The lowest BCUT2D eigenvalue weighted by Crippen LogP contribution is -2.34. The number of rotatable bonds is 6. The minimum atomic E-state index is -3.03. The van der Waals surface area contributed by atoms with Crippen molar-refractivity contribution in [1.29, 1.82) is 0 Å². The zero-order chi connectivity index (χ0) is 21.0. The number of alkyl halides is 3. The van der Waals surface area contributed by atoms with Crippen molar-refractivity contribution in [2.75, 3.05) is 0 Å². The second-order valence-corrected chi connectivity index (χ2v) is 9.31. The van der Waals surface area contributed by atoms with Crippen LogP contribution in [-0.4, -0.2) is 12.1 Å². The molecule has 1 atom stereocenters. The van der Waals surface area contributed by atoms with Gasteiger partial charge in [0.15, 0.2) is 11.7 Å². The Morgan fingerprint density at radius 2 is 1.45 bits per heavy atom. The van der Waals surface area contributed by atoms with Crippen molar-refractivity contribution in [2.45, 2.75) is 89.6 Å². The lowest BCUT2D eigenvalue weighted by atomic mass is 9.67. The standard InChI is InChI=1S/C24H33F5/c1-2-3-16-4-6-18(7-5-16)19-8-10-20(11-9-19)24(28,29)15-17-12-21(25)14-23(27)22(26)13-17/h12-14,16,18-21H,2-11,15H2,1H3. The number of hydrogen-bond acceptors (Lipinski definition) is 0. The highest BCUT2D eigenvalue weighted by molar-refractivity contribution is 5.36. The summed E-state index contributed by atoms with van der Waals surface area (Å²) in [5.74, 6) is -4.38. The monoisotopic (exact) mass is 416 g/mol. The quantitative estimate of drug-likeness (QED) is 0.381. The van der Waals surface area contributed by atoms with Crippen LogP contribution < -0.4 is 0 Å². The van der Waals surface area contributed by atoms with Gasteiger partial charge in [0.1, 0.15) is 6.17 Å². The normalized spacial score (nSPS) is 34.1. The van der Waals surface area contributed by atoms with E-state index >= 15 is 0 Å². The van der Waals surface area contributed by atoms with Gasteiger partial charge in [0.05, 0.1) is 0 Å². The maximum absolute atomic E-state index is 14.9. The molecule has 0 saturated heterocycles. The van der Waals surface area contributed by atoms with Gasteiger partial charge in [-0.25, -0.2) is 22.0 Å². The fourth-order valence-corrected chi connectivity index (χ4v) is 5.65. The number of allylic oxidation sites excluding steroid dienone is 6. The largest absolute Gasteiger partial charge is 0.254 e. The summed E-state index contributed by atoms with van der Waals surface area (Å²) in [7, 11) is 0. The Morgan fingerprint density at radius 1 is 0.862 bits per heavy atom. The van der Waals surface area contributed by atoms with Gasteiger partial charge in [-0.05, 0) is 80.1 Å². The van der Waals surface area contributed by atoms with Crippen molar-refractivity contribution < 1.29 is 22.0 Å². The van der Waals surface area contributed by atoms with E-state index < -0.39 is 36.1 Å². The summed E-state index contributed by atoms with van der Waals surface area (Å²) in [5.41, 5.74) is -0.166. The number of hydrogen-bond donors (Lipinski definition) is 0. The maximum atomic E-state index is 14.9. The molecule has 0 aromatic rings. The summed E-state index contributed by atoms with van der Waals surface area (Å²) >= 11 is 0. The predicted molar refractivity (Wildman–Crippen MR) is 107 cm³/mol. The van der Waals surface area contributed by atoms with Gasteiger partial charge < -0.3 is 0 Å². The van der Waals surface area contributed by atoms with Gasteiger partial charge in [0.2, 0.25) is 0 Å². The van der Waals surface area contributed by atoms with E-state index in [0.29, 0.717) is 36.8 Å². The number of halogens is 5. The highest BCUT2D eigenvalue weighted by Crippen LogP contribution is 2.47. The maximum Gasteiger partial charge on any atom is 0.254 e. The van der Waals surface area contributed by atoms with Crippen LogP contribution in [0, 0.1) is 23.7 Å². The van der Waals surface area contributed by atoms with Crippen molar-refractivity contribution in [1.82, 2.24) is 0 Å². The van der Waals surface area contributed by atoms with Crippen LogP contribution >= 0.6 is 0 Å². The molecule has 0 nitrogen and oxygen atoms in total. The Labute approximate surface area is 171 Å². The molecule has 164 valence electrons. The van der Waals surface area contributed by atoms with Crippen LogP contribution in [0.1, 0.15) is 77.6 Å². The molecule has 0 amide bonds. The molecular formula is C24H33F5. The topological polar surface area (TPSA) is 0 Å². The first-order chi connectivity index (χ1) is 13.8. The zero-order valence-corrected chi connectivity index (χ0v) is 17.3. The summed E-state index contributed by atoms with van der Waals surface area (Å²) in [5, 5.41) is 0. The lowest BCUT2D eigenvalue weighted by Gasteiger charge is -2.39. The molecule has 3 aliphatic rings.